The van der Waals surface area contributed by atoms with E-state index < -0.39 is 0 Å². The molecule has 0 atom stereocenters. The molecule has 8 heteroatoms. The highest BCUT2D eigenvalue weighted by Gasteiger charge is 2.19. The van der Waals surface area contributed by atoms with Gasteiger partial charge in [0.1, 0.15) is 11.6 Å². The summed E-state index contributed by atoms with van der Waals surface area (Å²) in [6, 6.07) is 1.83. The number of fused-ring (bicyclic) bond motifs is 1. The lowest BCUT2D eigenvalue weighted by molar-refractivity contribution is 0.188. The third-order valence-electron chi connectivity index (χ3n) is 3.67. The van der Waals surface area contributed by atoms with Gasteiger partial charge in [0, 0.05) is 38.8 Å². The molecule has 2 aromatic heterocycles. The van der Waals surface area contributed by atoms with Crippen molar-refractivity contribution in [2.24, 2.45) is 0 Å². The number of aliphatic hydroxyl groups is 1. The fourth-order valence-corrected chi connectivity index (χ4v) is 2.59. The van der Waals surface area contributed by atoms with Crippen LogP contribution in [0.1, 0.15) is 5.82 Å². The molecule has 0 amide bonds. The van der Waals surface area contributed by atoms with E-state index in [9.17, 15) is 4.79 Å². The summed E-state index contributed by atoms with van der Waals surface area (Å²) in [5, 5.41) is 15.4. The normalized spacial score (nSPS) is 17.0. The highest BCUT2D eigenvalue weighted by molar-refractivity contribution is 5.51. The molecule has 1 aliphatic heterocycles. The van der Waals surface area contributed by atoms with E-state index in [0.29, 0.717) is 18.0 Å². The van der Waals surface area contributed by atoms with Gasteiger partial charge in [0.05, 0.1) is 6.61 Å². The monoisotopic (exact) mass is 278 g/mol. The molecule has 0 spiro atoms. The maximum absolute atomic E-state index is 11.6. The lowest BCUT2D eigenvalue weighted by atomic mass is 10.3. The molecule has 3 rings (SSSR count). The van der Waals surface area contributed by atoms with E-state index in [4.69, 9.17) is 5.11 Å². The molecule has 2 N–H and O–H groups in total. The molecule has 0 radical (unpaired) electrons. The molecule has 1 aliphatic rings. The van der Waals surface area contributed by atoms with Gasteiger partial charge >= 0.3 is 5.69 Å². The number of nitrogens with one attached hydrogen (secondary N) is 1. The Labute approximate surface area is 115 Å². The van der Waals surface area contributed by atoms with Crippen LogP contribution in [0.5, 0.6) is 0 Å². The van der Waals surface area contributed by atoms with Crippen LogP contribution in [0.15, 0.2) is 10.9 Å². The van der Waals surface area contributed by atoms with E-state index in [2.05, 4.69) is 25.0 Å². The summed E-state index contributed by atoms with van der Waals surface area (Å²) in [5.41, 5.74) is 0.333. The summed E-state index contributed by atoms with van der Waals surface area (Å²) in [6.45, 7) is 6.23. The number of hydrogen-bond acceptors (Lipinski definition) is 6. The van der Waals surface area contributed by atoms with Crippen LogP contribution in [0.4, 0.5) is 5.82 Å². The largest absolute Gasteiger partial charge is 0.395 e. The number of nitrogens with zero attached hydrogens (tertiary/aromatic N) is 5. The average Bonchev–Trinajstić information content (AvgIpc) is 2.82. The second-order valence-electron chi connectivity index (χ2n) is 4.94. The van der Waals surface area contributed by atoms with Crippen molar-refractivity contribution in [1.29, 1.82) is 0 Å². The number of H-pyrrole nitrogens is 1. The van der Waals surface area contributed by atoms with Crippen LogP contribution in [0.3, 0.4) is 0 Å². The zero-order valence-electron chi connectivity index (χ0n) is 11.4. The second kappa shape index (κ2) is 5.22. The molecule has 20 heavy (non-hydrogen) atoms. The Morgan fingerprint density at radius 3 is 2.80 bits per heavy atom. The van der Waals surface area contributed by atoms with Gasteiger partial charge in [-0.3, -0.25) is 4.90 Å². The number of β-amino-alcohol motifs (C(OH)–C–C–N with tert-alkyl or cyclic N) is 1. The summed E-state index contributed by atoms with van der Waals surface area (Å²) in [6.07, 6.45) is 0. The first kappa shape index (κ1) is 13.1. The molecular weight excluding hydrogens is 260 g/mol. The van der Waals surface area contributed by atoms with Crippen molar-refractivity contribution in [2.45, 2.75) is 6.92 Å². The van der Waals surface area contributed by atoms with E-state index >= 15 is 0 Å². The van der Waals surface area contributed by atoms with Crippen LogP contribution in [0.2, 0.25) is 0 Å². The molecule has 0 aliphatic carbocycles. The lowest BCUT2D eigenvalue weighted by Gasteiger charge is -2.35. The molecule has 3 heterocycles. The van der Waals surface area contributed by atoms with Gasteiger partial charge < -0.3 is 10.0 Å². The third-order valence-corrected chi connectivity index (χ3v) is 3.67. The summed E-state index contributed by atoms with van der Waals surface area (Å²) < 4.78 is 1.46. The molecule has 108 valence electrons. The lowest BCUT2D eigenvalue weighted by Crippen LogP contribution is -2.47. The van der Waals surface area contributed by atoms with E-state index in [1.54, 1.807) is 6.92 Å². The number of piperazine rings is 1. The number of aromatic amines is 1. The summed E-state index contributed by atoms with van der Waals surface area (Å²) >= 11 is 0. The SMILES string of the molecule is Cc1nc(N2CCN(CCO)CC2)cc2n[nH]c(=O)n12. The van der Waals surface area contributed by atoms with Crippen LogP contribution < -0.4 is 10.6 Å². The highest BCUT2D eigenvalue weighted by atomic mass is 16.3. The Balaban J connectivity index is 1.83. The number of hydrogen-bond donors (Lipinski definition) is 2. The molecule has 1 saturated heterocycles. The predicted molar refractivity (Wildman–Crippen MR) is 74.1 cm³/mol. The third kappa shape index (κ3) is 2.27. The fourth-order valence-electron chi connectivity index (χ4n) is 2.59. The van der Waals surface area contributed by atoms with Crippen LogP contribution in [-0.4, -0.2) is 68.9 Å². The standard InChI is InChI=1S/C12H18N6O2/c1-9-13-10(8-11-14-15-12(20)18(9)11)17-4-2-16(3-5-17)6-7-19/h8,19H,2-7H2,1H3,(H,15,20). The van der Waals surface area contributed by atoms with E-state index in [0.717, 1.165) is 32.0 Å². The number of aromatic nitrogens is 4. The molecule has 0 unspecified atom stereocenters. The smallest absolute Gasteiger partial charge is 0.349 e. The first-order valence-electron chi connectivity index (χ1n) is 6.72. The molecule has 2 aromatic rings. The van der Waals surface area contributed by atoms with Gasteiger partial charge in [-0.15, -0.1) is 0 Å². The van der Waals surface area contributed by atoms with Crippen LogP contribution in [-0.2, 0) is 0 Å². The average molecular weight is 278 g/mol. The molecule has 1 fully saturated rings. The Morgan fingerprint density at radius 2 is 2.10 bits per heavy atom. The minimum Gasteiger partial charge on any atom is -0.395 e. The first-order chi connectivity index (χ1) is 9.69. The van der Waals surface area contributed by atoms with Crippen molar-refractivity contribution < 1.29 is 5.11 Å². The number of anilines is 1. The topological polar surface area (TPSA) is 89.8 Å². The summed E-state index contributed by atoms with van der Waals surface area (Å²) in [4.78, 5) is 20.5. The molecule has 0 aromatic carbocycles. The Morgan fingerprint density at radius 1 is 1.35 bits per heavy atom. The second-order valence-corrected chi connectivity index (χ2v) is 4.94. The minimum absolute atomic E-state index is 0.194. The van der Waals surface area contributed by atoms with Gasteiger partial charge in [0.15, 0.2) is 5.65 Å². The van der Waals surface area contributed by atoms with Gasteiger partial charge in [-0.2, -0.15) is 5.10 Å². The van der Waals surface area contributed by atoms with Crippen molar-refractivity contribution in [3.63, 3.8) is 0 Å². The van der Waals surface area contributed by atoms with Crippen LogP contribution in [0.25, 0.3) is 5.65 Å². The van der Waals surface area contributed by atoms with E-state index in [-0.39, 0.29) is 12.3 Å². The van der Waals surface area contributed by atoms with Crippen LogP contribution >= 0.6 is 0 Å². The first-order valence-corrected chi connectivity index (χ1v) is 6.72. The molecular formula is C12H18N6O2. The number of rotatable bonds is 3. The van der Waals surface area contributed by atoms with Gasteiger partial charge in [0.2, 0.25) is 0 Å². The van der Waals surface area contributed by atoms with Crippen molar-refractivity contribution in [2.75, 3.05) is 44.2 Å². The van der Waals surface area contributed by atoms with E-state index in [1.165, 1.54) is 4.40 Å². The van der Waals surface area contributed by atoms with Gasteiger partial charge in [-0.1, -0.05) is 0 Å². The Hall–Kier alpha value is -1.93. The summed E-state index contributed by atoms with van der Waals surface area (Å²) in [5.74, 6) is 1.48. The quantitative estimate of drug-likeness (QED) is 0.736. The zero-order chi connectivity index (χ0) is 14.1. The molecule has 0 saturated carbocycles. The zero-order valence-corrected chi connectivity index (χ0v) is 11.4. The van der Waals surface area contributed by atoms with Crippen molar-refractivity contribution in [3.8, 4) is 0 Å². The van der Waals surface area contributed by atoms with Crippen molar-refractivity contribution in [1.82, 2.24) is 24.5 Å². The Kier molecular flexibility index (Phi) is 3.41. The molecule has 8 nitrogen and oxygen atoms in total. The van der Waals surface area contributed by atoms with Crippen molar-refractivity contribution >= 4 is 11.5 Å². The maximum atomic E-state index is 11.6. The van der Waals surface area contributed by atoms with Gasteiger partial charge in [0.25, 0.3) is 0 Å². The summed E-state index contributed by atoms with van der Waals surface area (Å²) in [7, 11) is 0. The maximum Gasteiger partial charge on any atom is 0.349 e. The highest BCUT2D eigenvalue weighted by Crippen LogP contribution is 2.15. The fraction of sp³-hybridized carbons (Fsp3) is 0.583. The van der Waals surface area contributed by atoms with Gasteiger partial charge in [-0.25, -0.2) is 19.3 Å². The number of aliphatic hydroxyl groups excluding tert-OH is 1. The van der Waals surface area contributed by atoms with Crippen molar-refractivity contribution in [3.05, 3.63) is 22.4 Å². The predicted octanol–water partition coefficient (Wildman–Crippen LogP) is -1.16. The van der Waals surface area contributed by atoms with E-state index in [1.807, 2.05) is 6.07 Å². The molecule has 0 bridgehead atoms. The minimum atomic E-state index is -0.260. The van der Waals surface area contributed by atoms with Gasteiger partial charge in [-0.05, 0) is 6.92 Å². The number of aryl methyl sites for hydroxylation is 1. The van der Waals surface area contributed by atoms with Crippen LogP contribution in [0, 0.1) is 6.92 Å². The Bertz CT molecular complexity index is 656.